The first-order valence-corrected chi connectivity index (χ1v) is 9.48. The van der Waals surface area contributed by atoms with E-state index >= 15 is 0 Å². The smallest absolute Gasteiger partial charge is 0.203 e. The summed E-state index contributed by atoms with van der Waals surface area (Å²) >= 11 is 3.41. The predicted octanol–water partition coefficient (Wildman–Crippen LogP) is 4.16. The molecule has 0 spiro atoms. The zero-order valence-corrected chi connectivity index (χ0v) is 17.8. The second-order valence-electron chi connectivity index (χ2n) is 6.35. The lowest BCUT2D eigenvalue weighted by Gasteiger charge is -2.21. The van der Waals surface area contributed by atoms with Crippen LogP contribution in [0.25, 0.3) is 6.08 Å². The number of nitrogens with zero attached hydrogens (tertiary/aromatic N) is 1. The van der Waals surface area contributed by atoms with Crippen molar-refractivity contribution in [1.82, 2.24) is 0 Å². The van der Waals surface area contributed by atoms with Gasteiger partial charge < -0.3 is 23.8 Å². The highest BCUT2D eigenvalue weighted by Crippen LogP contribution is 2.41. The number of Topliss-reactive ketones (excluding diaryl/α,β-unsaturated/α-hetero) is 1. The van der Waals surface area contributed by atoms with Crippen molar-refractivity contribution < 1.29 is 23.7 Å². The van der Waals surface area contributed by atoms with Crippen LogP contribution in [-0.4, -0.2) is 47.3 Å². The Kier molecular flexibility index (Phi) is 6.14. The Labute approximate surface area is 172 Å². The molecule has 0 unspecified atom stereocenters. The number of fused-ring (bicyclic) bond motifs is 1. The van der Waals surface area contributed by atoms with Crippen LogP contribution in [0, 0.1) is 0 Å². The molecule has 7 heteroatoms. The molecule has 28 heavy (non-hydrogen) atoms. The van der Waals surface area contributed by atoms with Gasteiger partial charge in [-0.1, -0.05) is 0 Å². The van der Waals surface area contributed by atoms with E-state index in [0.717, 1.165) is 11.3 Å². The van der Waals surface area contributed by atoms with Crippen LogP contribution < -0.4 is 23.8 Å². The van der Waals surface area contributed by atoms with E-state index in [4.69, 9.17) is 18.9 Å². The molecular weight excluding hydrogens is 426 g/mol. The summed E-state index contributed by atoms with van der Waals surface area (Å²) < 4.78 is 22.4. The molecule has 6 nitrogen and oxygen atoms in total. The Morgan fingerprint density at radius 1 is 1.07 bits per heavy atom. The lowest BCUT2D eigenvalue weighted by molar-refractivity contribution is 0.104. The number of allylic oxidation sites excluding steroid dienone is 1. The molecule has 0 aliphatic carbocycles. The van der Waals surface area contributed by atoms with Gasteiger partial charge in [-0.15, -0.1) is 0 Å². The van der Waals surface area contributed by atoms with Crippen LogP contribution in [0.15, 0.2) is 34.8 Å². The summed E-state index contributed by atoms with van der Waals surface area (Å²) in [6.45, 7) is 0.953. The van der Waals surface area contributed by atoms with Gasteiger partial charge in [-0.2, -0.15) is 0 Å². The second-order valence-corrected chi connectivity index (χ2v) is 7.20. The number of ketones is 1. The number of methoxy groups -OCH3 is 2. The van der Waals surface area contributed by atoms with Gasteiger partial charge in [0.1, 0.15) is 19.0 Å². The fraction of sp³-hybridized carbons (Fsp3) is 0.286. The third kappa shape index (κ3) is 4.09. The van der Waals surface area contributed by atoms with Crippen molar-refractivity contribution in [3.05, 3.63) is 45.9 Å². The summed E-state index contributed by atoms with van der Waals surface area (Å²) in [4.78, 5) is 14.8. The Morgan fingerprint density at radius 2 is 1.79 bits per heavy atom. The Hall–Kier alpha value is -2.67. The van der Waals surface area contributed by atoms with Crippen molar-refractivity contribution in [2.75, 3.05) is 46.4 Å². The van der Waals surface area contributed by atoms with E-state index in [1.807, 2.05) is 25.1 Å². The van der Waals surface area contributed by atoms with Gasteiger partial charge in [0.25, 0.3) is 0 Å². The summed E-state index contributed by atoms with van der Waals surface area (Å²) in [5.74, 6) is 2.32. The molecular formula is C21H22BrNO5. The van der Waals surface area contributed by atoms with Crippen LogP contribution in [0.3, 0.4) is 0 Å². The lowest BCUT2D eigenvalue weighted by atomic mass is 10.1. The Morgan fingerprint density at radius 3 is 2.46 bits per heavy atom. The maximum Gasteiger partial charge on any atom is 0.203 e. The molecule has 0 saturated carbocycles. The van der Waals surface area contributed by atoms with E-state index in [-0.39, 0.29) is 5.78 Å². The second kappa shape index (κ2) is 8.56. The maximum absolute atomic E-state index is 12.9. The number of ether oxygens (including phenoxy) is 4. The van der Waals surface area contributed by atoms with Crippen molar-refractivity contribution >= 4 is 33.5 Å². The third-order valence-electron chi connectivity index (χ3n) is 4.28. The molecule has 3 rings (SSSR count). The summed E-state index contributed by atoms with van der Waals surface area (Å²) in [6, 6.07) is 8.97. The highest BCUT2D eigenvalue weighted by atomic mass is 79.9. The van der Waals surface area contributed by atoms with Gasteiger partial charge in [0.05, 0.1) is 24.4 Å². The Bertz CT molecular complexity index is 906. The SMILES string of the molecule is COc1ccc(C(=O)C(Br)=Cc2cc(OC)c3c(c2)OCCO3)cc1N(C)C. The van der Waals surface area contributed by atoms with E-state index in [0.29, 0.717) is 46.3 Å². The van der Waals surface area contributed by atoms with Crippen LogP contribution in [0.2, 0.25) is 0 Å². The zero-order chi connectivity index (χ0) is 20.3. The van der Waals surface area contributed by atoms with Gasteiger partial charge in [0, 0.05) is 19.7 Å². The first-order chi connectivity index (χ1) is 13.4. The molecule has 1 aliphatic heterocycles. The number of anilines is 1. The number of rotatable bonds is 6. The van der Waals surface area contributed by atoms with Gasteiger partial charge in [-0.25, -0.2) is 0 Å². The van der Waals surface area contributed by atoms with E-state index < -0.39 is 0 Å². The molecule has 0 radical (unpaired) electrons. The number of hydrogen-bond acceptors (Lipinski definition) is 6. The molecule has 0 N–H and O–H groups in total. The van der Waals surface area contributed by atoms with Crippen molar-refractivity contribution in [3.63, 3.8) is 0 Å². The van der Waals surface area contributed by atoms with E-state index in [1.165, 1.54) is 0 Å². The topological polar surface area (TPSA) is 57.2 Å². The highest BCUT2D eigenvalue weighted by molar-refractivity contribution is 9.12. The normalized spacial score (nSPS) is 13.1. The number of halogens is 1. The van der Waals surface area contributed by atoms with E-state index in [9.17, 15) is 4.79 Å². The molecule has 148 valence electrons. The van der Waals surface area contributed by atoms with Gasteiger partial charge in [0.2, 0.25) is 5.75 Å². The summed E-state index contributed by atoms with van der Waals surface area (Å²) in [5.41, 5.74) is 2.15. The first-order valence-electron chi connectivity index (χ1n) is 8.69. The van der Waals surface area contributed by atoms with Crippen LogP contribution in [0.1, 0.15) is 15.9 Å². The van der Waals surface area contributed by atoms with E-state index in [1.54, 1.807) is 44.6 Å². The minimum Gasteiger partial charge on any atom is -0.495 e. The number of hydrogen-bond donors (Lipinski definition) is 0. The third-order valence-corrected chi connectivity index (χ3v) is 4.87. The zero-order valence-electron chi connectivity index (χ0n) is 16.2. The van der Waals surface area contributed by atoms with Crippen LogP contribution in [0.4, 0.5) is 5.69 Å². The fourth-order valence-corrected chi connectivity index (χ4v) is 3.40. The number of carbonyl (C=O) groups is 1. The molecule has 0 fully saturated rings. The summed E-state index contributed by atoms with van der Waals surface area (Å²) in [7, 11) is 6.98. The number of carbonyl (C=O) groups excluding carboxylic acids is 1. The molecule has 0 amide bonds. The van der Waals surface area contributed by atoms with Crippen molar-refractivity contribution in [1.29, 1.82) is 0 Å². The quantitative estimate of drug-likeness (QED) is 0.489. The average molecular weight is 448 g/mol. The summed E-state index contributed by atoms with van der Waals surface area (Å²) in [5, 5.41) is 0. The van der Waals surface area contributed by atoms with Gasteiger partial charge in [-0.3, -0.25) is 4.79 Å². The van der Waals surface area contributed by atoms with Crippen molar-refractivity contribution in [2.24, 2.45) is 0 Å². The van der Waals surface area contributed by atoms with Crippen molar-refractivity contribution in [2.45, 2.75) is 0 Å². The van der Waals surface area contributed by atoms with Crippen LogP contribution >= 0.6 is 15.9 Å². The molecule has 0 saturated heterocycles. The van der Waals surface area contributed by atoms with Crippen molar-refractivity contribution in [3.8, 4) is 23.0 Å². The van der Waals surface area contributed by atoms with Gasteiger partial charge in [0.15, 0.2) is 17.3 Å². The van der Waals surface area contributed by atoms with Gasteiger partial charge >= 0.3 is 0 Å². The highest BCUT2D eigenvalue weighted by Gasteiger charge is 2.19. The minimum atomic E-state index is -0.139. The largest absolute Gasteiger partial charge is 0.495 e. The maximum atomic E-state index is 12.9. The monoisotopic (exact) mass is 447 g/mol. The van der Waals surface area contributed by atoms with Crippen LogP contribution in [0.5, 0.6) is 23.0 Å². The van der Waals surface area contributed by atoms with Gasteiger partial charge in [-0.05, 0) is 57.9 Å². The summed E-state index contributed by atoms with van der Waals surface area (Å²) in [6.07, 6.45) is 1.74. The Balaban J connectivity index is 1.93. The fourth-order valence-electron chi connectivity index (χ4n) is 2.91. The van der Waals surface area contributed by atoms with Crippen LogP contribution in [-0.2, 0) is 0 Å². The first kappa shape index (κ1) is 20.1. The minimum absolute atomic E-state index is 0.139. The molecule has 2 aromatic carbocycles. The molecule has 0 bridgehead atoms. The lowest BCUT2D eigenvalue weighted by Crippen LogP contribution is -2.16. The van der Waals surface area contributed by atoms with E-state index in [2.05, 4.69) is 15.9 Å². The number of benzene rings is 2. The molecule has 0 atom stereocenters. The standard InChI is InChI=1S/C21H22BrNO5/c1-23(2)16-12-14(5-6-17(16)25-3)20(24)15(22)9-13-10-18(26-4)21-19(11-13)27-7-8-28-21/h5-6,9-12H,7-8H2,1-4H3. The molecule has 1 aliphatic rings. The average Bonchev–Trinajstić information content (AvgIpc) is 2.71. The molecule has 0 aromatic heterocycles. The molecule has 2 aromatic rings. The predicted molar refractivity (Wildman–Crippen MR) is 113 cm³/mol. The molecule has 1 heterocycles.